The zero-order chi connectivity index (χ0) is 17.3. The molecule has 3 rings (SSSR count). The molecule has 1 aromatic rings. The Kier molecular flexibility index (Phi) is 5.36. The lowest BCUT2D eigenvalue weighted by Crippen LogP contribution is -2.59. The van der Waals surface area contributed by atoms with Crippen molar-refractivity contribution in [2.75, 3.05) is 0 Å². The smallest absolute Gasteiger partial charge is 0.0586 e. The third-order valence-electron chi connectivity index (χ3n) is 6.25. The van der Waals surface area contributed by atoms with Gasteiger partial charge in [-0.15, -0.1) is 0 Å². The van der Waals surface area contributed by atoms with Crippen LogP contribution in [0.1, 0.15) is 65.4 Å². The van der Waals surface area contributed by atoms with Gasteiger partial charge in [-0.05, 0) is 64.4 Å². The molecule has 2 heteroatoms. The molecule has 2 aliphatic rings. The highest BCUT2D eigenvalue weighted by atomic mass is 16.3. The second kappa shape index (κ2) is 7.17. The molecule has 134 valence electrons. The van der Waals surface area contributed by atoms with E-state index >= 15 is 0 Å². The van der Waals surface area contributed by atoms with E-state index < -0.39 is 0 Å². The summed E-state index contributed by atoms with van der Waals surface area (Å²) >= 11 is 0. The number of rotatable bonds is 5. The molecule has 0 aromatic heterocycles. The van der Waals surface area contributed by atoms with Gasteiger partial charge in [0, 0.05) is 23.5 Å². The van der Waals surface area contributed by atoms with Crippen LogP contribution in [0.3, 0.4) is 0 Å². The lowest BCUT2D eigenvalue weighted by Gasteiger charge is -2.52. The van der Waals surface area contributed by atoms with Crippen molar-refractivity contribution in [1.29, 1.82) is 0 Å². The van der Waals surface area contributed by atoms with E-state index in [0.29, 0.717) is 23.9 Å². The van der Waals surface area contributed by atoms with Crippen LogP contribution >= 0.6 is 0 Å². The van der Waals surface area contributed by atoms with Gasteiger partial charge in [0.25, 0.3) is 0 Å². The standard InChI is InChI=1S/C22H35NO/c1-5-9-20(24)21-17(14-16-10-7-6-8-11-16)15-18-12-13-19(21)23(18)22(2,3)4/h6-8,10-11,17-21,24H,5,9,12-15H2,1-4H3/t17?,18-,19+,20+,21+/m1/s1. The molecular weight excluding hydrogens is 294 g/mol. The van der Waals surface area contributed by atoms with Crippen LogP contribution < -0.4 is 0 Å². The molecule has 2 fully saturated rings. The van der Waals surface area contributed by atoms with Gasteiger partial charge < -0.3 is 5.11 Å². The van der Waals surface area contributed by atoms with Gasteiger partial charge in [0.1, 0.15) is 0 Å². The predicted octanol–water partition coefficient (Wildman–Crippen LogP) is 4.66. The van der Waals surface area contributed by atoms with Crippen LogP contribution in [0.5, 0.6) is 0 Å². The third kappa shape index (κ3) is 3.55. The van der Waals surface area contributed by atoms with Crippen LogP contribution in [0, 0.1) is 11.8 Å². The summed E-state index contributed by atoms with van der Waals surface area (Å²) in [7, 11) is 0. The van der Waals surface area contributed by atoms with Crippen LogP contribution in [0.4, 0.5) is 0 Å². The fourth-order valence-electron chi connectivity index (χ4n) is 5.58. The molecule has 2 aliphatic heterocycles. The Balaban J connectivity index is 1.86. The molecule has 0 saturated carbocycles. The van der Waals surface area contributed by atoms with Crippen LogP contribution in [-0.4, -0.2) is 33.7 Å². The number of nitrogens with zero attached hydrogens (tertiary/aromatic N) is 1. The number of aliphatic hydroxyl groups excluding tert-OH is 1. The van der Waals surface area contributed by atoms with Crippen molar-refractivity contribution in [3.8, 4) is 0 Å². The van der Waals surface area contributed by atoms with E-state index in [0.717, 1.165) is 19.3 Å². The van der Waals surface area contributed by atoms with Crippen molar-refractivity contribution in [2.45, 2.75) is 89.9 Å². The average Bonchev–Trinajstić information content (AvgIpc) is 2.84. The minimum absolute atomic E-state index is 0.155. The van der Waals surface area contributed by atoms with Gasteiger partial charge in [-0.3, -0.25) is 4.90 Å². The summed E-state index contributed by atoms with van der Waals surface area (Å²) in [5.41, 5.74) is 1.63. The van der Waals surface area contributed by atoms with Gasteiger partial charge in [0.2, 0.25) is 0 Å². The second-order valence-electron chi connectivity index (χ2n) is 9.00. The first-order valence-electron chi connectivity index (χ1n) is 9.92. The molecule has 2 nitrogen and oxygen atoms in total. The highest BCUT2D eigenvalue weighted by Gasteiger charge is 2.52. The molecule has 0 radical (unpaired) electrons. The van der Waals surface area contributed by atoms with Crippen LogP contribution in [-0.2, 0) is 6.42 Å². The van der Waals surface area contributed by atoms with Gasteiger partial charge in [0.15, 0.2) is 0 Å². The van der Waals surface area contributed by atoms with Gasteiger partial charge in [-0.1, -0.05) is 43.7 Å². The highest BCUT2D eigenvalue weighted by molar-refractivity contribution is 5.17. The molecule has 2 bridgehead atoms. The van der Waals surface area contributed by atoms with E-state index in [9.17, 15) is 5.11 Å². The molecule has 0 spiro atoms. The molecule has 2 heterocycles. The van der Waals surface area contributed by atoms with Gasteiger partial charge in [-0.25, -0.2) is 0 Å². The first-order valence-corrected chi connectivity index (χ1v) is 9.92. The van der Waals surface area contributed by atoms with Crippen LogP contribution in [0.2, 0.25) is 0 Å². The Morgan fingerprint density at radius 3 is 2.50 bits per heavy atom. The monoisotopic (exact) mass is 329 g/mol. The molecule has 24 heavy (non-hydrogen) atoms. The molecule has 5 atom stereocenters. The van der Waals surface area contributed by atoms with Crippen molar-refractivity contribution in [2.24, 2.45) is 11.8 Å². The number of fused-ring (bicyclic) bond motifs is 2. The topological polar surface area (TPSA) is 23.5 Å². The lowest BCUT2D eigenvalue weighted by molar-refractivity contribution is -0.0666. The maximum Gasteiger partial charge on any atom is 0.0586 e. The summed E-state index contributed by atoms with van der Waals surface area (Å²) in [6, 6.07) is 12.1. The predicted molar refractivity (Wildman–Crippen MR) is 101 cm³/mol. The molecule has 2 saturated heterocycles. The summed E-state index contributed by atoms with van der Waals surface area (Å²) in [4.78, 5) is 2.75. The fraction of sp³-hybridized carbons (Fsp3) is 0.727. The Bertz CT molecular complexity index is 521. The number of aliphatic hydroxyl groups is 1. The quantitative estimate of drug-likeness (QED) is 0.849. The molecule has 0 aliphatic carbocycles. The Morgan fingerprint density at radius 1 is 1.17 bits per heavy atom. The third-order valence-corrected chi connectivity index (χ3v) is 6.25. The van der Waals surface area contributed by atoms with Crippen LogP contribution in [0.15, 0.2) is 30.3 Å². The number of hydrogen-bond acceptors (Lipinski definition) is 2. The minimum Gasteiger partial charge on any atom is -0.393 e. The second-order valence-corrected chi connectivity index (χ2v) is 9.00. The summed E-state index contributed by atoms with van der Waals surface area (Å²) in [5.74, 6) is 1.04. The Hall–Kier alpha value is -0.860. The van der Waals surface area contributed by atoms with Gasteiger partial charge >= 0.3 is 0 Å². The highest BCUT2D eigenvalue weighted by Crippen LogP contribution is 2.48. The maximum atomic E-state index is 11.0. The van der Waals surface area contributed by atoms with Crippen molar-refractivity contribution in [3.05, 3.63) is 35.9 Å². The zero-order valence-electron chi connectivity index (χ0n) is 15.9. The molecule has 1 N–H and O–H groups in total. The molecule has 1 unspecified atom stereocenters. The Morgan fingerprint density at radius 2 is 1.88 bits per heavy atom. The summed E-state index contributed by atoms with van der Waals surface area (Å²) in [6.07, 6.45) is 6.79. The van der Waals surface area contributed by atoms with Crippen LogP contribution in [0.25, 0.3) is 0 Å². The summed E-state index contributed by atoms with van der Waals surface area (Å²) in [6.45, 7) is 9.23. The molecule has 1 aromatic carbocycles. The Labute approximate surface area is 148 Å². The number of benzene rings is 1. The molecular formula is C22H35NO. The van der Waals surface area contributed by atoms with E-state index in [1.165, 1.54) is 24.8 Å². The van der Waals surface area contributed by atoms with Crippen molar-refractivity contribution in [1.82, 2.24) is 4.90 Å². The van der Waals surface area contributed by atoms with E-state index in [2.05, 4.69) is 62.9 Å². The van der Waals surface area contributed by atoms with Crippen molar-refractivity contribution in [3.63, 3.8) is 0 Å². The summed E-state index contributed by atoms with van der Waals surface area (Å²) in [5, 5.41) is 11.0. The van der Waals surface area contributed by atoms with E-state index in [4.69, 9.17) is 0 Å². The number of hydrogen-bond donors (Lipinski definition) is 1. The largest absolute Gasteiger partial charge is 0.393 e. The van der Waals surface area contributed by atoms with E-state index in [1.807, 2.05) is 0 Å². The van der Waals surface area contributed by atoms with Gasteiger partial charge in [-0.2, -0.15) is 0 Å². The van der Waals surface area contributed by atoms with E-state index in [1.54, 1.807) is 0 Å². The lowest BCUT2D eigenvalue weighted by atomic mass is 9.72. The van der Waals surface area contributed by atoms with Crippen molar-refractivity contribution < 1.29 is 5.11 Å². The first kappa shape index (κ1) is 17.9. The van der Waals surface area contributed by atoms with Crippen molar-refractivity contribution >= 4 is 0 Å². The fourth-order valence-corrected chi connectivity index (χ4v) is 5.58. The summed E-state index contributed by atoms with van der Waals surface area (Å²) < 4.78 is 0. The first-order chi connectivity index (χ1) is 11.4. The SMILES string of the molecule is CCC[C@H](O)[C@H]1C(Cc2ccccc2)C[C@H]2CC[C@@H]1N2C(C)(C)C. The maximum absolute atomic E-state index is 11.0. The van der Waals surface area contributed by atoms with Gasteiger partial charge in [0.05, 0.1) is 6.10 Å². The average molecular weight is 330 g/mol. The number of piperidine rings is 1. The zero-order valence-corrected chi connectivity index (χ0v) is 15.9. The normalized spacial score (nSPS) is 32.0. The van der Waals surface area contributed by atoms with E-state index in [-0.39, 0.29) is 11.6 Å². The minimum atomic E-state index is -0.155. The molecule has 0 amide bonds.